The molecular weight excluding hydrogens is 294 g/mol. The van der Waals surface area contributed by atoms with Gasteiger partial charge in [-0.3, -0.25) is 4.79 Å². The maximum Gasteiger partial charge on any atom is 0.338 e. The second kappa shape index (κ2) is 7.98. The molecule has 0 aliphatic carbocycles. The van der Waals surface area contributed by atoms with Crippen molar-refractivity contribution in [2.45, 2.75) is 13.5 Å². The highest BCUT2D eigenvalue weighted by atomic mass is 16.5. The van der Waals surface area contributed by atoms with Crippen LogP contribution in [0.3, 0.4) is 0 Å². The van der Waals surface area contributed by atoms with Gasteiger partial charge >= 0.3 is 5.97 Å². The third kappa shape index (κ3) is 4.85. The molecule has 5 nitrogen and oxygen atoms in total. The van der Waals surface area contributed by atoms with Crippen molar-refractivity contribution in [3.8, 4) is 5.75 Å². The number of benzene rings is 2. The molecule has 5 heteroatoms. The molecule has 2 aromatic rings. The molecule has 2 rings (SSSR count). The number of rotatable bonds is 6. The SMILES string of the molecule is COc1cccc(C(=O)OCC(=O)NCc2ccccc2C)c1. The van der Waals surface area contributed by atoms with E-state index < -0.39 is 5.97 Å². The molecule has 1 amide bonds. The molecule has 0 saturated heterocycles. The van der Waals surface area contributed by atoms with Gasteiger partial charge in [-0.2, -0.15) is 0 Å². The summed E-state index contributed by atoms with van der Waals surface area (Å²) >= 11 is 0. The lowest BCUT2D eigenvalue weighted by Crippen LogP contribution is -2.28. The van der Waals surface area contributed by atoms with Crippen LogP contribution < -0.4 is 10.1 Å². The Morgan fingerprint density at radius 3 is 2.61 bits per heavy atom. The molecule has 0 heterocycles. The molecule has 0 atom stereocenters. The maximum absolute atomic E-state index is 11.9. The number of methoxy groups -OCH3 is 1. The van der Waals surface area contributed by atoms with Gasteiger partial charge in [0.1, 0.15) is 5.75 Å². The van der Waals surface area contributed by atoms with E-state index in [0.29, 0.717) is 17.9 Å². The van der Waals surface area contributed by atoms with Gasteiger partial charge in [-0.1, -0.05) is 30.3 Å². The highest BCUT2D eigenvalue weighted by Crippen LogP contribution is 2.13. The molecule has 0 unspecified atom stereocenters. The molecule has 2 aromatic carbocycles. The van der Waals surface area contributed by atoms with Crippen molar-refractivity contribution in [2.75, 3.05) is 13.7 Å². The van der Waals surface area contributed by atoms with Crippen LogP contribution >= 0.6 is 0 Å². The molecule has 23 heavy (non-hydrogen) atoms. The van der Waals surface area contributed by atoms with E-state index in [-0.39, 0.29) is 12.5 Å². The van der Waals surface area contributed by atoms with Crippen molar-refractivity contribution < 1.29 is 19.1 Å². The van der Waals surface area contributed by atoms with Crippen molar-refractivity contribution in [1.82, 2.24) is 5.32 Å². The van der Waals surface area contributed by atoms with Gasteiger partial charge in [0.2, 0.25) is 0 Å². The third-order valence-corrected chi connectivity index (χ3v) is 3.38. The number of hydrogen-bond donors (Lipinski definition) is 1. The van der Waals surface area contributed by atoms with E-state index in [4.69, 9.17) is 9.47 Å². The number of nitrogens with one attached hydrogen (secondary N) is 1. The topological polar surface area (TPSA) is 64.6 Å². The van der Waals surface area contributed by atoms with Crippen molar-refractivity contribution in [3.05, 3.63) is 65.2 Å². The highest BCUT2D eigenvalue weighted by Gasteiger charge is 2.11. The van der Waals surface area contributed by atoms with Gasteiger partial charge in [0.15, 0.2) is 6.61 Å². The first kappa shape index (κ1) is 16.5. The Kier molecular flexibility index (Phi) is 5.74. The average molecular weight is 313 g/mol. The zero-order valence-corrected chi connectivity index (χ0v) is 13.2. The minimum atomic E-state index is -0.560. The van der Waals surface area contributed by atoms with Gasteiger partial charge < -0.3 is 14.8 Å². The quantitative estimate of drug-likeness (QED) is 0.832. The number of carbonyl (C=O) groups excluding carboxylic acids is 2. The van der Waals surface area contributed by atoms with Gasteiger partial charge in [0.25, 0.3) is 5.91 Å². The lowest BCUT2D eigenvalue weighted by molar-refractivity contribution is -0.124. The van der Waals surface area contributed by atoms with Crippen molar-refractivity contribution in [3.63, 3.8) is 0 Å². The van der Waals surface area contributed by atoms with Crippen LogP contribution in [-0.4, -0.2) is 25.6 Å². The van der Waals surface area contributed by atoms with E-state index in [9.17, 15) is 9.59 Å². The Morgan fingerprint density at radius 2 is 1.87 bits per heavy atom. The first-order valence-electron chi connectivity index (χ1n) is 7.22. The number of esters is 1. The Bertz CT molecular complexity index is 697. The average Bonchev–Trinajstić information content (AvgIpc) is 2.59. The Labute approximate surface area is 135 Å². The summed E-state index contributed by atoms with van der Waals surface area (Å²) in [6, 6.07) is 14.4. The fourth-order valence-electron chi connectivity index (χ4n) is 2.02. The summed E-state index contributed by atoms with van der Waals surface area (Å²) < 4.78 is 10.0. The van der Waals surface area contributed by atoms with E-state index in [1.54, 1.807) is 24.3 Å². The van der Waals surface area contributed by atoms with E-state index in [1.165, 1.54) is 7.11 Å². The zero-order valence-electron chi connectivity index (χ0n) is 13.2. The zero-order chi connectivity index (χ0) is 16.7. The van der Waals surface area contributed by atoms with Crippen LogP contribution in [0.2, 0.25) is 0 Å². The fraction of sp³-hybridized carbons (Fsp3) is 0.222. The molecular formula is C18H19NO4. The molecule has 0 fully saturated rings. The summed E-state index contributed by atoms with van der Waals surface area (Å²) in [5.74, 6) is -0.345. The molecule has 1 N–H and O–H groups in total. The summed E-state index contributed by atoms with van der Waals surface area (Å²) in [6.45, 7) is 2.06. The second-order valence-corrected chi connectivity index (χ2v) is 5.01. The summed E-state index contributed by atoms with van der Waals surface area (Å²) in [4.78, 5) is 23.7. The van der Waals surface area contributed by atoms with Crippen molar-refractivity contribution >= 4 is 11.9 Å². The van der Waals surface area contributed by atoms with E-state index in [0.717, 1.165) is 11.1 Å². The summed E-state index contributed by atoms with van der Waals surface area (Å²) in [5, 5.41) is 2.73. The lowest BCUT2D eigenvalue weighted by atomic mass is 10.1. The van der Waals surface area contributed by atoms with E-state index in [1.807, 2.05) is 31.2 Å². The highest BCUT2D eigenvalue weighted by molar-refractivity contribution is 5.91. The monoisotopic (exact) mass is 313 g/mol. The second-order valence-electron chi connectivity index (χ2n) is 5.01. The molecule has 0 spiro atoms. The minimum Gasteiger partial charge on any atom is -0.497 e. The molecule has 120 valence electrons. The largest absolute Gasteiger partial charge is 0.497 e. The van der Waals surface area contributed by atoms with Gasteiger partial charge in [0, 0.05) is 6.54 Å². The van der Waals surface area contributed by atoms with Crippen LogP contribution in [0.15, 0.2) is 48.5 Å². The fourth-order valence-corrected chi connectivity index (χ4v) is 2.02. The van der Waals surface area contributed by atoms with E-state index >= 15 is 0 Å². The standard InChI is InChI=1S/C18H19NO4/c1-13-6-3-4-7-15(13)11-19-17(20)12-23-18(21)14-8-5-9-16(10-14)22-2/h3-10H,11-12H2,1-2H3,(H,19,20). The van der Waals surface area contributed by atoms with Crippen LogP contribution in [0.5, 0.6) is 5.75 Å². The van der Waals surface area contributed by atoms with Gasteiger partial charge in [-0.05, 0) is 36.2 Å². The molecule has 0 saturated carbocycles. The Balaban J connectivity index is 1.82. The van der Waals surface area contributed by atoms with Crippen LogP contribution in [0, 0.1) is 6.92 Å². The van der Waals surface area contributed by atoms with Crippen molar-refractivity contribution in [1.29, 1.82) is 0 Å². The molecule has 0 aliphatic rings. The molecule has 0 aromatic heterocycles. The number of amides is 1. The number of aryl methyl sites for hydroxylation is 1. The summed E-state index contributed by atoms with van der Waals surface area (Å²) in [7, 11) is 1.52. The van der Waals surface area contributed by atoms with Gasteiger partial charge in [-0.25, -0.2) is 4.79 Å². The lowest BCUT2D eigenvalue weighted by Gasteiger charge is -2.09. The summed E-state index contributed by atoms with van der Waals surface area (Å²) in [5.41, 5.74) is 2.47. The predicted molar refractivity (Wildman–Crippen MR) is 86.3 cm³/mol. The first-order chi connectivity index (χ1) is 11.1. The smallest absolute Gasteiger partial charge is 0.338 e. The number of ether oxygens (including phenoxy) is 2. The minimum absolute atomic E-state index is 0.318. The molecule has 0 bridgehead atoms. The Morgan fingerprint density at radius 1 is 1.09 bits per heavy atom. The maximum atomic E-state index is 11.9. The number of carbonyl (C=O) groups is 2. The number of hydrogen-bond acceptors (Lipinski definition) is 4. The molecule has 0 radical (unpaired) electrons. The third-order valence-electron chi connectivity index (χ3n) is 3.38. The van der Waals surface area contributed by atoms with Crippen molar-refractivity contribution in [2.24, 2.45) is 0 Å². The Hall–Kier alpha value is -2.82. The van der Waals surface area contributed by atoms with Crippen LogP contribution in [0.25, 0.3) is 0 Å². The first-order valence-corrected chi connectivity index (χ1v) is 7.22. The van der Waals surface area contributed by atoms with Crippen LogP contribution in [0.1, 0.15) is 21.5 Å². The van der Waals surface area contributed by atoms with Gasteiger partial charge in [0.05, 0.1) is 12.7 Å². The normalized spacial score (nSPS) is 10.0. The van der Waals surface area contributed by atoms with E-state index in [2.05, 4.69) is 5.32 Å². The predicted octanol–water partition coefficient (Wildman–Crippen LogP) is 2.48. The van der Waals surface area contributed by atoms with Gasteiger partial charge in [-0.15, -0.1) is 0 Å². The van der Waals surface area contributed by atoms with Crippen LogP contribution in [-0.2, 0) is 16.1 Å². The van der Waals surface area contributed by atoms with Crippen LogP contribution in [0.4, 0.5) is 0 Å². The molecule has 0 aliphatic heterocycles. The summed E-state index contributed by atoms with van der Waals surface area (Å²) in [6.07, 6.45) is 0.